The fourth-order valence-corrected chi connectivity index (χ4v) is 1.33. The van der Waals surface area contributed by atoms with E-state index in [1.165, 1.54) is 18.2 Å². The number of carbonyl (C=O) groups is 1. The number of hydrogen-bond acceptors (Lipinski definition) is 2. The van der Waals surface area contributed by atoms with E-state index in [4.69, 9.17) is 0 Å². The molecule has 0 N–H and O–H groups in total. The Hall–Kier alpha value is -1.57. The number of esters is 1. The second-order valence-electron chi connectivity index (χ2n) is 3.67. The first-order valence-electron chi connectivity index (χ1n) is 4.91. The predicted molar refractivity (Wildman–Crippen MR) is 60.7 cm³/mol. The van der Waals surface area contributed by atoms with Crippen molar-refractivity contribution in [3.8, 4) is 0 Å². The first kappa shape index (κ1) is 11.5. The Morgan fingerprint density at radius 2 is 1.93 bits per heavy atom. The quantitative estimate of drug-likeness (QED) is 0.556. The highest BCUT2D eigenvalue weighted by atomic mass is 16.5. The number of rotatable bonds is 4. The van der Waals surface area contributed by atoms with Gasteiger partial charge in [-0.05, 0) is 18.9 Å². The van der Waals surface area contributed by atoms with Crippen LogP contribution in [-0.2, 0) is 16.0 Å². The van der Waals surface area contributed by atoms with Crippen LogP contribution in [0.25, 0.3) is 0 Å². The Balaban J connectivity index is 2.51. The lowest BCUT2D eigenvalue weighted by molar-refractivity contribution is -0.139. The maximum atomic E-state index is 11.0. The molecule has 1 rings (SSSR count). The molecular formula is C13H16O2. The summed E-state index contributed by atoms with van der Waals surface area (Å²) in [6.45, 7) is 5.91. The van der Waals surface area contributed by atoms with Gasteiger partial charge in [0.1, 0.15) is 0 Å². The Labute approximate surface area is 90.6 Å². The maximum absolute atomic E-state index is 11.0. The van der Waals surface area contributed by atoms with Gasteiger partial charge >= 0.3 is 5.97 Å². The van der Waals surface area contributed by atoms with Crippen LogP contribution in [0.1, 0.15) is 17.5 Å². The zero-order valence-corrected chi connectivity index (χ0v) is 9.25. The summed E-state index contributed by atoms with van der Waals surface area (Å²) >= 11 is 0. The van der Waals surface area contributed by atoms with Gasteiger partial charge < -0.3 is 4.74 Å². The topological polar surface area (TPSA) is 26.3 Å². The van der Waals surface area contributed by atoms with Gasteiger partial charge in [0.25, 0.3) is 0 Å². The first-order valence-corrected chi connectivity index (χ1v) is 4.91. The van der Waals surface area contributed by atoms with Crippen LogP contribution in [0.15, 0.2) is 36.4 Å². The van der Waals surface area contributed by atoms with E-state index in [-0.39, 0.29) is 5.97 Å². The van der Waals surface area contributed by atoms with E-state index in [1.54, 1.807) is 0 Å². The Bertz CT molecular complexity index is 349. The van der Waals surface area contributed by atoms with Crippen LogP contribution in [0.3, 0.4) is 0 Å². The van der Waals surface area contributed by atoms with Crippen LogP contribution in [0.2, 0.25) is 0 Å². The highest BCUT2D eigenvalue weighted by molar-refractivity contribution is 5.72. The second kappa shape index (κ2) is 5.35. The van der Waals surface area contributed by atoms with Crippen LogP contribution in [0.5, 0.6) is 0 Å². The van der Waals surface area contributed by atoms with Crippen LogP contribution < -0.4 is 0 Å². The van der Waals surface area contributed by atoms with Gasteiger partial charge in [0, 0.05) is 0 Å². The molecule has 15 heavy (non-hydrogen) atoms. The lowest BCUT2D eigenvalue weighted by Gasteiger charge is -2.04. The monoisotopic (exact) mass is 204 g/mol. The van der Waals surface area contributed by atoms with E-state index in [1.807, 2.05) is 6.92 Å². The lowest BCUT2D eigenvalue weighted by atomic mass is 10.0. The third-order valence-electron chi connectivity index (χ3n) is 2.20. The number of methoxy groups -OCH3 is 1. The maximum Gasteiger partial charge on any atom is 0.309 e. The van der Waals surface area contributed by atoms with E-state index >= 15 is 0 Å². The molecule has 0 amide bonds. The van der Waals surface area contributed by atoms with Crippen molar-refractivity contribution in [1.29, 1.82) is 0 Å². The minimum absolute atomic E-state index is 0.230. The normalized spacial score (nSPS) is 9.73. The van der Waals surface area contributed by atoms with Gasteiger partial charge in [0.15, 0.2) is 0 Å². The van der Waals surface area contributed by atoms with E-state index < -0.39 is 0 Å². The van der Waals surface area contributed by atoms with Crippen molar-refractivity contribution < 1.29 is 9.53 Å². The van der Waals surface area contributed by atoms with Crippen molar-refractivity contribution in [3.63, 3.8) is 0 Å². The molecule has 0 aromatic heterocycles. The summed E-state index contributed by atoms with van der Waals surface area (Å²) in [6, 6.07) is 8.22. The molecule has 2 nitrogen and oxygen atoms in total. The largest absolute Gasteiger partial charge is 0.469 e. The van der Waals surface area contributed by atoms with Crippen molar-refractivity contribution >= 4 is 5.97 Å². The molecule has 1 aromatic rings. The molecule has 0 unspecified atom stereocenters. The van der Waals surface area contributed by atoms with Crippen molar-refractivity contribution in [1.82, 2.24) is 0 Å². The average molecular weight is 204 g/mol. The van der Waals surface area contributed by atoms with E-state index in [9.17, 15) is 4.79 Å². The minimum Gasteiger partial charge on any atom is -0.469 e. The second-order valence-corrected chi connectivity index (χ2v) is 3.67. The molecule has 0 fully saturated rings. The summed E-state index contributed by atoms with van der Waals surface area (Å²) < 4.78 is 4.58. The van der Waals surface area contributed by atoms with Gasteiger partial charge in [-0.15, -0.1) is 0 Å². The summed E-state index contributed by atoms with van der Waals surface area (Å²) in [5.41, 5.74) is 3.29. The number of hydrogen-bond donors (Lipinski definition) is 0. The molecule has 1 aromatic carbocycles. The summed E-state index contributed by atoms with van der Waals surface area (Å²) in [4.78, 5) is 11.0. The molecule has 0 aliphatic heterocycles. The van der Waals surface area contributed by atoms with Gasteiger partial charge in [-0.3, -0.25) is 4.79 Å². The molecule has 0 saturated carbocycles. The summed E-state index contributed by atoms with van der Waals surface area (Å²) in [7, 11) is 1.39. The van der Waals surface area contributed by atoms with Crippen molar-refractivity contribution in [2.75, 3.05) is 7.11 Å². The average Bonchev–Trinajstić information content (AvgIpc) is 2.21. The van der Waals surface area contributed by atoms with Crippen LogP contribution >= 0.6 is 0 Å². The van der Waals surface area contributed by atoms with Gasteiger partial charge in [0.05, 0.1) is 13.5 Å². The number of benzene rings is 1. The molecule has 0 heterocycles. The highest BCUT2D eigenvalue weighted by Crippen LogP contribution is 2.11. The molecule has 0 aliphatic carbocycles. The van der Waals surface area contributed by atoms with Crippen LogP contribution in [0.4, 0.5) is 0 Å². The summed E-state index contributed by atoms with van der Waals surface area (Å²) in [5, 5.41) is 0. The molecule has 0 atom stereocenters. The minimum atomic E-state index is -0.230. The van der Waals surface area contributed by atoms with Gasteiger partial charge in [-0.2, -0.15) is 0 Å². The van der Waals surface area contributed by atoms with E-state index in [0.717, 1.165) is 12.0 Å². The van der Waals surface area contributed by atoms with Gasteiger partial charge in [-0.25, -0.2) is 0 Å². The van der Waals surface area contributed by atoms with Crippen LogP contribution in [0, 0.1) is 6.92 Å². The van der Waals surface area contributed by atoms with Crippen molar-refractivity contribution in [2.24, 2.45) is 0 Å². The zero-order chi connectivity index (χ0) is 11.3. The molecule has 80 valence electrons. The molecule has 0 aliphatic rings. The lowest BCUT2D eigenvalue weighted by Crippen LogP contribution is -2.02. The smallest absolute Gasteiger partial charge is 0.309 e. The number of carbonyl (C=O) groups excluding carboxylic acids is 1. The summed E-state index contributed by atoms with van der Waals surface area (Å²) in [5.74, 6) is -0.230. The SMILES string of the molecule is C=C(CC(=O)OC)Cc1ccc(C)cc1. The number of ether oxygens (including phenoxy) is 1. The van der Waals surface area contributed by atoms with Crippen molar-refractivity contribution in [2.45, 2.75) is 19.8 Å². The Morgan fingerprint density at radius 1 is 1.33 bits per heavy atom. The fraction of sp³-hybridized carbons (Fsp3) is 0.308. The number of aryl methyl sites for hydroxylation is 1. The van der Waals surface area contributed by atoms with E-state index in [2.05, 4.69) is 35.6 Å². The molecule has 2 heteroatoms. The third-order valence-corrected chi connectivity index (χ3v) is 2.20. The zero-order valence-electron chi connectivity index (χ0n) is 9.25. The van der Waals surface area contributed by atoms with Crippen molar-refractivity contribution in [3.05, 3.63) is 47.5 Å². The van der Waals surface area contributed by atoms with Crippen LogP contribution in [-0.4, -0.2) is 13.1 Å². The predicted octanol–water partition coefficient (Wildman–Crippen LogP) is 2.66. The molecule has 0 spiro atoms. The molecular weight excluding hydrogens is 188 g/mol. The molecule has 0 radical (unpaired) electrons. The highest BCUT2D eigenvalue weighted by Gasteiger charge is 2.04. The summed E-state index contributed by atoms with van der Waals surface area (Å²) in [6.07, 6.45) is 1.03. The van der Waals surface area contributed by atoms with Gasteiger partial charge in [0.2, 0.25) is 0 Å². The van der Waals surface area contributed by atoms with E-state index in [0.29, 0.717) is 6.42 Å². The fourth-order valence-electron chi connectivity index (χ4n) is 1.33. The molecule has 0 saturated heterocycles. The molecule has 0 bridgehead atoms. The Morgan fingerprint density at radius 3 is 2.47 bits per heavy atom. The van der Waals surface area contributed by atoms with Gasteiger partial charge in [-0.1, -0.05) is 42.0 Å². The third kappa shape index (κ3) is 3.98. The Kier molecular flexibility index (Phi) is 4.10. The standard InChI is InChI=1S/C13H16O2/c1-10-4-6-12(7-5-10)8-11(2)9-13(14)15-3/h4-7H,2,8-9H2,1,3H3. The first-order chi connectivity index (χ1) is 7.11.